The van der Waals surface area contributed by atoms with Crippen molar-refractivity contribution in [2.24, 2.45) is 0 Å². The fraction of sp³-hybridized carbons (Fsp3) is 0.273. The van der Waals surface area contributed by atoms with E-state index in [0.717, 1.165) is 28.1 Å². The number of aryl methyl sites for hydroxylation is 3. The van der Waals surface area contributed by atoms with Gasteiger partial charge in [-0.25, -0.2) is 0 Å². The zero-order valence-electron chi connectivity index (χ0n) is 16.3. The molecule has 3 aromatic rings. The maximum absolute atomic E-state index is 12.4. The van der Waals surface area contributed by atoms with E-state index < -0.39 is 0 Å². The van der Waals surface area contributed by atoms with Crippen molar-refractivity contribution in [2.45, 2.75) is 40.5 Å². The Morgan fingerprint density at radius 1 is 1.14 bits per heavy atom. The fourth-order valence-corrected chi connectivity index (χ4v) is 3.24. The number of halogens is 1. The Bertz CT molecular complexity index is 944. The number of nitrogens with zero attached hydrogens (tertiary/aromatic N) is 2. The topological polar surface area (TPSA) is 56.2 Å². The fourth-order valence-electron chi connectivity index (χ4n) is 3.04. The molecule has 0 aliphatic rings. The molecule has 0 spiro atoms. The van der Waals surface area contributed by atoms with Gasteiger partial charge < -0.3 is 10.1 Å². The van der Waals surface area contributed by atoms with Crippen LogP contribution in [0.15, 0.2) is 48.7 Å². The summed E-state index contributed by atoms with van der Waals surface area (Å²) in [6.45, 7) is 7.54. The van der Waals surface area contributed by atoms with Crippen LogP contribution in [0.3, 0.4) is 0 Å². The van der Waals surface area contributed by atoms with Crippen LogP contribution in [0.25, 0.3) is 0 Å². The van der Waals surface area contributed by atoms with Gasteiger partial charge in [-0.3, -0.25) is 9.48 Å². The molecule has 1 N–H and O–H groups in total. The van der Waals surface area contributed by atoms with E-state index in [9.17, 15) is 4.79 Å². The van der Waals surface area contributed by atoms with Crippen molar-refractivity contribution in [3.05, 3.63) is 81.6 Å². The van der Waals surface area contributed by atoms with Crippen LogP contribution in [-0.2, 0) is 19.7 Å². The Labute approximate surface area is 170 Å². The van der Waals surface area contributed by atoms with Crippen molar-refractivity contribution in [2.75, 3.05) is 0 Å². The summed E-state index contributed by atoms with van der Waals surface area (Å²) in [4.78, 5) is 12.4. The van der Waals surface area contributed by atoms with Crippen LogP contribution in [0.4, 0.5) is 0 Å². The molecule has 0 fully saturated rings. The third-order valence-electron chi connectivity index (χ3n) is 4.62. The van der Waals surface area contributed by atoms with Gasteiger partial charge in [0.05, 0.1) is 23.5 Å². The molecule has 5 nitrogen and oxygen atoms in total. The first-order chi connectivity index (χ1) is 13.5. The number of nitrogens with one attached hydrogen (secondary N) is 1. The molecule has 0 saturated heterocycles. The van der Waals surface area contributed by atoms with E-state index in [1.807, 2.05) is 51.1 Å². The second-order valence-electron chi connectivity index (χ2n) is 6.64. The average Bonchev–Trinajstić information content (AvgIpc) is 3.06. The monoisotopic (exact) mass is 397 g/mol. The van der Waals surface area contributed by atoms with E-state index in [1.54, 1.807) is 23.0 Å². The minimum Gasteiger partial charge on any atom is -0.488 e. The molecule has 0 bridgehead atoms. The number of aromatic nitrogens is 2. The summed E-state index contributed by atoms with van der Waals surface area (Å²) >= 11 is 6.13. The smallest absolute Gasteiger partial charge is 0.251 e. The second-order valence-corrected chi connectivity index (χ2v) is 7.05. The first-order valence-corrected chi connectivity index (χ1v) is 9.63. The van der Waals surface area contributed by atoms with Crippen molar-refractivity contribution < 1.29 is 9.53 Å². The highest BCUT2D eigenvalue weighted by Gasteiger charge is 2.11. The van der Waals surface area contributed by atoms with Crippen molar-refractivity contribution in [1.29, 1.82) is 0 Å². The number of hydrogen-bond acceptors (Lipinski definition) is 3. The number of carbonyl (C=O) groups is 1. The predicted octanol–water partition coefficient (Wildman–Crippen LogP) is 4.68. The molecule has 1 aromatic heterocycles. The largest absolute Gasteiger partial charge is 0.488 e. The molecule has 146 valence electrons. The van der Waals surface area contributed by atoms with Gasteiger partial charge in [0.15, 0.2) is 0 Å². The number of hydrogen-bond donors (Lipinski definition) is 1. The molecular formula is C22H24ClN3O2. The summed E-state index contributed by atoms with van der Waals surface area (Å²) in [7, 11) is 0. The van der Waals surface area contributed by atoms with Crippen LogP contribution in [0.2, 0.25) is 5.02 Å². The molecule has 3 rings (SSSR count). The molecule has 0 atom stereocenters. The van der Waals surface area contributed by atoms with Gasteiger partial charge in [0.2, 0.25) is 0 Å². The molecule has 6 heteroatoms. The molecule has 2 aromatic carbocycles. The number of carbonyl (C=O) groups excluding carboxylic acids is 1. The summed E-state index contributed by atoms with van der Waals surface area (Å²) < 4.78 is 7.74. The van der Waals surface area contributed by atoms with Gasteiger partial charge in [0.1, 0.15) is 12.4 Å². The number of ether oxygens (including phenoxy) is 1. The number of amides is 1. The van der Waals surface area contributed by atoms with E-state index in [4.69, 9.17) is 16.3 Å². The van der Waals surface area contributed by atoms with Gasteiger partial charge in [0, 0.05) is 12.1 Å². The van der Waals surface area contributed by atoms with Gasteiger partial charge in [-0.2, -0.15) is 5.10 Å². The summed E-state index contributed by atoms with van der Waals surface area (Å²) in [6, 6.07) is 13.5. The summed E-state index contributed by atoms with van der Waals surface area (Å²) in [5, 5.41) is 7.62. The van der Waals surface area contributed by atoms with Gasteiger partial charge in [0.25, 0.3) is 5.91 Å². The highest BCUT2D eigenvalue weighted by atomic mass is 35.5. The third-order valence-corrected chi connectivity index (χ3v) is 4.94. The first kappa shape index (κ1) is 20.0. The number of benzene rings is 2. The van der Waals surface area contributed by atoms with E-state index in [1.165, 1.54) is 0 Å². The molecular weight excluding hydrogens is 374 g/mol. The molecule has 1 heterocycles. The predicted molar refractivity (Wildman–Crippen MR) is 111 cm³/mol. The van der Waals surface area contributed by atoms with Gasteiger partial charge in [-0.15, -0.1) is 0 Å². The lowest BCUT2D eigenvalue weighted by atomic mass is 10.1. The van der Waals surface area contributed by atoms with Crippen LogP contribution < -0.4 is 10.1 Å². The zero-order valence-corrected chi connectivity index (χ0v) is 17.1. The van der Waals surface area contributed by atoms with E-state index in [-0.39, 0.29) is 5.91 Å². The van der Waals surface area contributed by atoms with Crippen LogP contribution in [-0.4, -0.2) is 15.7 Å². The first-order valence-electron chi connectivity index (χ1n) is 9.26. The Morgan fingerprint density at radius 2 is 1.82 bits per heavy atom. The number of para-hydroxylation sites is 1. The second kappa shape index (κ2) is 8.93. The van der Waals surface area contributed by atoms with Gasteiger partial charge in [-0.05, 0) is 49.6 Å². The van der Waals surface area contributed by atoms with Crippen molar-refractivity contribution >= 4 is 17.5 Å². The Hall–Kier alpha value is -2.79. The van der Waals surface area contributed by atoms with Crippen LogP contribution in [0, 0.1) is 13.8 Å². The van der Waals surface area contributed by atoms with E-state index in [0.29, 0.717) is 30.3 Å². The molecule has 0 unspecified atom stereocenters. The van der Waals surface area contributed by atoms with E-state index in [2.05, 4.69) is 10.4 Å². The maximum atomic E-state index is 12.4. The summed E-state index contributed by atoms with van der Waals surface area (Å²) in [5.41, 5.74) is 4.62. The maximum Gasteiger partial charge on any atom is 0.251 e. The zero-order chi connectivity index (χ0) is 20.1. The van der Waals surface area contributed by atoms with Crippen LogP contribution in [0.1, 0.15) is 39.7 Å². The Kier molecular flexibility index (Phi) is 6.37. The summed E-state index contributed by atoms with van der Waals surface area (Å²) in [5.74, 6) is 0.760. The molecule has 0 radical (unpaired) electrons. The minimum absolute atomic E-state index is 0.151. The molecule has 0 aliphatic heterocycles. The lowest BCUT2D eigenvalue weighted by Crippen LogP contribution is -2.24. The standard InChI is InChI=1S/C22H24ClN3O2/c1-4-26-20(19(23)12-25-26)13-24-22(27)18-10-8-17(9-11-18)14-28-21-15(2)6-5-7-16(21)3/h5-12H,4,13-14H2,1-3H3,(H,24,27). The van der Waals surface area contributed by atoms with Crippen LogP contribution in [0.5, 0.6) is 5.75 Å². The highest BCUT2D eigenvalue weighted by Crippen LogP contribution is 2.23. The average molecular weight is 398 g/mol. The van der Waals surface area contributed by atoms with E-state index >= 15 is 0 Å². The highest BCUT2D eigenvalue weighted by molar-refractivity contribution is 6.31. The number of rotatable bonds is 7. The lowest BCUT2D eigenvalue weighted by Gasteiger charge is -2.12. The van der Waals surface area contributed by atoms with Crippen molar-refractivity contribution in [1.82, 2.24) is 15.1 Å². The Balaban J connectivity index is 1.59. The van der Waals surface area contributed by atoms with Crippen molar-refractivity contribution in [3.63, 3.8) is 0 Å². The molecule has 0 aliphatic carbocycles. The Morgan fingerprint density at radius 3 is 2.46 bits per heavy atom. The summed E-state index contributed by atoms with van der Waals surface area (Å²) in [6.07, 6.45) is 1.59. The third kappa shape index (κ3) is 4.54. The minimum atomic E-state index is -0.151. The van der Waals surface area contributed by atoms with Gasteiger partial charge >= 0.3 is 0 Å². The SMILES string of the molecule is CCn1ncc(Cl)c1CNC(=O)c1ccc(COc2c(C)cccc2C)cc1. The lowest BCUT2D eigenvalue weighted by molar-refractivity contribution is 0.0950. The molecule has 0 saturated carbocycles. The molecule has 1 amide bonds. The molecule has 28 heavy (non-hydrogen) atoms. The normalized spacial score (nSPS) is 10.7. The van der Waals surface area contributed by atoms with Gasteiger partial charge in [-0.1, -0.05) is 41.9 Å². The quantitative estimate of drug-likeness (QED) is 0.629. The van der Waals surface area contributed by atoms with Crippen LogP contribution >= 0.6 is 11.6 Å². The van der Waals surface area contributed by atoms with Crippen molar-refractivity contribution in [3.8, 4) is 5.75 Å².